The topological polar surface area (TPSA) is 55.1 Å². The molecule has 1 N–H and O–H groups in total. The van der Waals surface area contributed by atoms with Gasteiger partial charge in [0.25, 0.3) is 5.91 Å². The van der Waals surface area contributed by atoms with Crippen LogP contribution in [0.4, 0.5) is 0 Å². The van der Waals surface area contributed by atoms with E-state index < -0.39 is 0 Å². The molecule has 0 aliphatic rings. The van der Waals surface area contributed by atoms with Crippen molar-refractivity contribution in [2.45, 2.75) is 6.54 Å². The van der Waals surface area contributed by atoms with E-state index in [1.165, 1.54) is 0 Å². The zero-order valence-corrected chi connectivity index (χ0v) is 14.6. The third-order valence-corrected chi connectivity index (χ3v) is 4.31. The van der Waals surface area contributed by atoms with E-state index in [1.54, 1.807) is 12.5 Å². The van der Waals surface area contributed by atoms with Crippen LogP contribution in [0.5, 0.6) is 0 Å². The maximum absolute atomic E-state index is 12.4. The molecule has 0 aliphatic heterocycles. The van der Waals surface area contributed by atoms with Crippen LogP contribution in [0.15, 0.2) is 95.7 Å². The number of aromatic nitrogens is 1. The minimum absolute atomic E-state index is 0.106. The molecule has 4 heteroatoms. The van der Waals surface area contributed by atoms with Crippen molar-refractivity contribution in [2.24, 2.45) is 0 Å². The zero-order chi connectivity index (χ0) is 18.5. The first kappa shape index (κ1) is 16.8. The lowest BCUT2D eigenvalue weighted by Crippen LogP contribution is -2.22. The predicted octanol–water partition coefficient (Wildman–Crippen LogP) is 4.94. The van der Waals surface area contributed by atoms with Gasteiger partial charge in [0.15, 0.2) is 5.76 Å². The lowest BCUT2D eigenvalue weighted by molar-refractivity contribution is 0.0951. The summed E-state index contributed by atoms with van der Waals surface area (Å²) in [7, 11) is 0. The fraction of sp³-hybridized carbons (Fsp3) is 0.0435. The number of pyridine rings is 1. The third kappa shape index (κ3) is 3.96. The van der Waals surface area contributed by atoms with Gasteiger partial charge in [-0.25, -0.2) is 0 Å². The molecule has 4 aromatic rings. The molecule has 0 spiro atoms. The second-order valence-corrected chi connectivity index (χ2v) is 6.15. The molecule has 4 nitrogen and oxygen atoms in total. The number of hydrogen-bond acceptors (Lipinski definition) is 3. The summed E-state index contributed by atoms with van der Waals surface area (Å²) in [5.74, 6) is 0.602. The van der Waals surface area contributed by atoms with Gasteiger partial charge in [-0.1, -0.05) is 42.5 Å². The van der Waals surface area contributed by atoms with Crippen LogP contribution in [-0.4, -0.2) is 10.9 Å². The van der Waals surface area contributed by atoms with Gasteiger partial charge >= 0.3 is 0 Å². The Morgan fingerprint density at radius 1 is 0.889 bits per heavy atom. The summed E-state index contributed by atoms with van der Waals surface area (Å²) in [6.07, 6.45) is 3.33. The van der Waals surface area contributed by atoms with Crippen LogP contribution < -0.4 is 5.32 Å². The Bertz CT molecular complexity index is 1020. The van der Waals surface area contributed by atoms with Crippen molar-refractivity contribution in [3.05, 3.63) is 102 Å². The number of nitrogens with one attached hydrogen (secondary N) is 1. The lowest BCUT2D eigenvalue weighted by Gasteiger charge is -2.07. The maximum atomic E-state index is 12.4. The van der Waals surface area contributed by atoms with Gasteiger partial charge in [0, 0.05) is 18.3 Å². The average molecular weight is 354 g/mol. The average Bonchev–Trinajstić information content (AvgIpc) is 3.28. The van der Waals surface area contributed by atoms with Gasteiger partial charge in [0.05, 0.1) is 6.26 Å². The number of carbonyl (C=O) groups excluding carboxylic acids is 1. The molecule has 0 fully saturated rings. The summed E-state index contributed by atoms with van der Waals surface area (Å²) in [6.45, 7) is 0.426. The molecule has 2 aromatic heterocycles. The van der Waals surface area contributed by atoms with Crippen molar-refractivity contribution in [3.63, 3.8) is 0 Å². The number of benzene rings is 2. The molecule has 0 saturated carbocycles. The molecule has 0 bridgehead atoms. The number of amides is 1. The first-order chi connectivity index (χ1) is 13.3. The zero-order valence-electron chi connectivity index (χ0n) is 14.6. The second-order valence-electron chi connectivity index (χ2n) is 6.15. The van der Waals surface area contributed by atoms with Crippen molar-refractivity contribution in [1.82, 2.24) is 10.3 Å². The van der Waals surface area contributed by atoms with Crippen LogP contribution in [0.2, 0.25) is 0 Å². The highest BCUT2D eigenvalue weighted by molar-refractivity contribution is 5.94. The van der Waals surface area contributed by atoms with Crippen molar-refractivity contribution < 1.29 is 9.21 Å². The van der Waals surface area contributed by atoms with E-state index in [0.717, 1.165) is 22.4 Å². The molecule has 1 amide bonds. The second kappa shape index (κ2) is 7.70. The van der Waals surface area contributed by atoms with Gasteiger partial charge in [-0.3, -0.25) is 9.78 Å². The summed E-state index contributed by atoms with van der Waals surface area (Å²) in [4.78, 5) is 16.7. The smallest absolute Gasteiger partial charge is 0.251 e. The van der Waals surface area contributed by atoms with Crippen LogP contribution >= 0.6 is 0 Å². The Morgan fingerprint density at radius 3 is 2.41 bits per heavy atom. The Kier molecular flexibility index (Phi) is 4.79. The van der Waals surface area contributed by atoms with Crippen LogP contribution in [0, 0.1) is 0 Å². The van der Waals surface area contributed by atoms with E-state index in [0.29, 0.717) is 17.9 Å². The highest BCUT2D eigenvalue weighted by atomic mass is 16.3. The minimum Gasteiger partial charge on any atom is -0.463 e. The molecule has 4 rings (SSSR count). The molecule has 132 valence electrons. The summed E-state index contributed by atoms with van der Waals surface area (Å²) in [5, 5.41) is 2.95. The monoisotopic (exact) mass is 354 g/mol. The van der Waals surface area contributed by atoms with E-state index in [9.17, 15) is 4.79 Å². The van der Waals surface area contributed by atoms with Crippen LogP contribution in [0.25, 0.3) is 22.6 Å². The van der Waals surface area contributed by atoms with Crippen LogP contribution in [0.1, 0.15) is 15.9 Å². The summed E-state index contributed by atoms with van der Waals surface area (Å²) in [6, 6.07) is 25.2. The quantitative estimate of drug-likeness (QED) is 0.552. The van der Waals surface area contributed by atoms with Crippen molar-refractivity contribution in [2.75, 3.05) is 0 Å². The molecule has 0 unspecified atom stereocenters. The molecule has 0 radical (unpaired) electrons. The van der Waals surface area contributed by atoms with Gasteiger partial charge in [0.1, 0.15) is 5.69 Å². The summed E-state index contributed by atoms with van der Waals surface area (Å²) in [5.41, 5.74) is 4.57. The van der Waals surface area contributed by atoms with Crippen molar-refractivity contribution in [1.29, 1.82) is 0 Å². The summed E-state index contributed by atoms with van der Waals surface area (Å²) < 4.78 is 5.37. The first-order valence-electron chi connectivity index (χ1n) is 8.72. The van der Waals surface area contributed by atoms with Gasteiger partial charge in [-0.15, -0.1) is 0 Å². The Morgan fingerprint density at radius 2 is 1.67 bits per heavy atom. The maximum Gasteiger partial charge on any atom is 0.251 e. The molecular weight excluding hydrogens is 336 g/mol. The fourth-order valence-electron chi connectivity index (χ4n) is 2.87. The largest absolute Gasteiger partial charge is 0.463 e. The SMILES string of the molecule is O=C(NCc1ccnc(-c2ccco2)c1)c1ccc(-c2ccccc2)cc1. The van der Waals surface area contributed by atoms with Gasteiger partial charge in [-0.2, -0.15) is 0 Å². The van der Waals surface area contributed by atoms with Crippen molar-refractivity contribution in [3.8, 4) is 22.6 Å². The summed E-state index contributed by atoms with van der Waals surface area (Å²) >= 11 is 0. The number of rotatable bonds is 5. The third-order valence-electron chi connectivity index (χ3n) is 4.31. The molecule has 0 aliphatic carbocycles. The predicted molar refractivity (Wildman–Crippen MR) is 105 cm³/mol. The molecule has 0 saturated heterocycles. The highest BCUT2D eigenvalue weighted by Crippen LogP contribution is 2.20. The Balaban J connectivity index is 1.42. The Labute approximate surface area is 157 Å². The standard InChI is InChI=1S/C23H18N2O2/c26-23(20-10-8-19(9-11-20)18-5-2-1-3-6-18)25-16-17-12-13-24-21(15-17)22-7-4-14-27-22/h1-15H,16H2,(H,25,26). The molecule has 2 aromatic carbocycles. The minimum atomic E-state index is -0.106. The first-order valence-corrected chi connectivity index (χ1v) is 8.72. The van der Waals surface area contributed by atoms with E-state index in [1.807, 2.05) is 66.7 Å². The van der Waals surface area contributed by atoms with Crippen LogP contribution in [-0.2, 0) is 6.54 Å². The number of furan rings is 1. The lowest BCUT2D eigenvalue weighted by atomic mass is 10.0. The van der Waals surface area contributed by atoms with Gasteiger partial charge < -0.3 is 9.73 Å². The number of hydrogen-bond donors (Lipinski definition) is 1. The number of carbonyl (C=O) groups is 1. The normalized spacial score (nSPS) is 10.5. The van der Waals surface area contributed by atoms with Crippen molar-refractivity contribution >= 4 is 5.91 Å². The highest BCUT2D eigenvalue weighted by Gasteiger charge is 2.08. The van der Waals surface area contributed by atoms with E-state index in [-0.39, 0.29) is 5.91 Å². The van der Waals surface area contributed by atoms with Gasteiger partial charge in [0.2, 0.25) is 0 Å². The molecular formula is C23H18N2O2. The van der Waals surface area contributed by atoms with E-state index >= 15 is 0 Å². The van der Waals surface area contributed by atoms with E-state index in [2.05, 4.69) is 22.4 Å². The van der Waals surface area contributed by atoms with Gasteiger partial charge in [-0.05, 0) is 53.1 Å². The molecule has 27 heavy (non-hydrogen) atoms. The number of nitrogens with zero attached hydrogens (tertiary/aromatic N) is 1. The molecule has 0 atom stereocenters. The Hall–Kier alpha value is -3.66. The van der Waals surface area contributed by atoms with Crippen LogP contribution in [0.3, 0.4) is 0 Å². The van der Waals surface area contributed by atoms with E-state index in [4.69, 9.17) is 4.42 Å². The fourth-order valence-corrected chi connectivity index (χ4v) is 2.87. The molecule has 2 heterocycles.